The van der Waals surface area contributed by atoms with Gasteiger partial charge in [0, 0.05) is 30.4 Å². The highest BCUT2D eigenvalue weighted by atomic mass is 35.5. The molecule has 2 aromatic carbocycles. The summed E-state index contributed by atoms with van der Waals surface area (Å²) in [4.78, 5) is 27.1. The van der Waals surface area contributed by atoms with E-state index in [2.05, 4.69) is 10.3 Å². The number of nitrogens with one attached hydrogen (secondary N) is 1. The molecule has 1 amide bonds. The van der Waals surface area contributed by atoms with Crippen LogP contribution in [-0.4, -0.2) is 22.4 Å². The summed E-state index contributed by atoms with van der Waals surface area (Å²) in [5, 5.41) is 13.8. The Balaban J connectivity index is 1.69. The zero-order valence-electron chi connectivity index (χ0n) is 16.7. The molecule has 8 nitrogen and oxygen atoms in total. The Morgan fingerprint density at radius 1 is 1.16 bits per heavy atom. The zero-order valence-corrected chi connectivity index (χ0v) is 17.5. The molecule has 1 heterocycles. The number of amides is 1. The Kier molecular flexibility index (Phi) is 7.40. The van der Waals surface area contributed by atoms with Gasteiger partial charge in [-0.1, -0.05) is 24.6 Å². The Labute approximate surface area is 183 Å². The molecular formula is C22H20ClN3O5. The van der Waals surface area contributed by atoms with E-state index in [4.69, 9.17) is 21.1 Å². The molecule has 0 atom stereocenters. The van der Waals surface area contributed by atoms with Gasteiger partial charge in [0.2, 0.25) is 5.88 Å². The SMILES string of the molecule is CCCOc1ccc(Oc2ncccc2CNC(=O)c2cc([N+](=O)[O-])ccc2Cl)cc1. The molecule has 9 heteroatoms. The van der Waals surface area contributed by atoms with Crippen LogP contribution in [0.3, 0.4) is 0 Å². The number of carbonyl (C=O) groups is 1. The van der Waals surface area contributed by atoms with Gasteiger partial charge in [0.25, 0.3) is 11.6 Å². The second kappa shape index (κ2) is 10.4. The number of benzene rings is 2. The average Bonchev–Trinajstić information content (AvgIpc) is 2.78. The van der Waals surface area contributed by atoms with E-state index in [-0.39, 0.29) is 22.8 Å². The third kappa shape index (κ3) is 5.93. The highest BCUT2D eigenvalue weighted by Gasteiger charge is 2.16. The molecule has 31 heavy (non-hydrogen) atoms. The van der Waals surface area contributed by atoms with Crippen LogP contribution in [0.2, 0.25) is 5.02 Å². The van der Waals surface area contributed by atoms with Gasteiger partial charge in [-0.3, -0.25) is 14.9 Å². The molecule has 1 N–H and O–H groups in total. The second-order valence-electron chi connectivity index (χ2n) is 6.49. The zero-order chi connectivity index (χ0) is 22.2. The van der Waals surface area contributed by atoms with Crippen LogP contribution >= 0.6 is 11.6 Å². The molecule has 0 unspecified atom stereocenters. The van der Waals surface area contributed by atoms with Crippen molar-refractivity contribution in [3.63, 3.8) is 0 Å². The molecule has 0 aliphatic rings. The van der Waals surface area contributed by atoms with E-state index >= 15 is 0 Å². The molecular weight excluding hydrogens is 422 g/mol. The summed E-state index contributed by atoms with van der Waals surface area (Å²) in [6.07, 6.45) is 2.50. The molecule has 0 radical (unpaired) electrons. The number of pyridine rings is 1. The maximum Gasteiger partial charge on any atom is 0.270 e. The lowest BCUT2D eigenvalue weighted by molar-refractivity contribution is -0.384. The first-order valence-electron chi connectivity index (χ1n) is 9.54. The van der Waals surface area contributed by atoms with Crippen LogP contribution < -0.4 is 14.8 Å². The molecule has 0 spiro atoms. The first kappa shape index (κ1) is 22.0. The molecule has 0 saturated heterocycles. The Bertz CT molecular complexity index is 1070. The monoisotopic (exact) mass is 441 g/mol. The Morgan fingerprint density at radius 3 is 2.61 bits per heavy atom. The third-order valence-corrected chi connectivity index (χ3v) is 4.54. The number of halogens is 1. The van der Waals surface area contributed by atoms with Gasteiger partial charge in [-0.05, 0) is 42.8 Å². The summed E-state index contributed by atoms with van der Waals surface area (Å²) < 4.78 is 11.4. The van der Waals surface area contributed by atoms with Crippen molar-refractivity contribution < 1.29 is 19.2 Å². The number of non-ortho nitro benzene ring substituents is 1. The van der Waals surface area contributed by atoms with Crippen LogP contribution in [-0.2, 0) is 6.54 Å². The second-order valence-corrected chi connectivity index (χ2v) is 6.90. The molecule has 3 rings (SSSR count). The van der Waals surface area contributed by atoms with Crippen molar-refractivity contribution in [3.05, 3.63) is 87.1 Å². The van der Waals surface area contributed by atoms with Crippen molar-refractivity contribution in [2.75, 3.05) is 6.61 Å². The average molecular weight is 442 g/mol. The molecule has 0 aliphatic heterocycles. The number of hydrogen-bond donors (Lipinski definition) is 1. The smallest absolute Gasteiger partial charge is 0.270 e. The number of ether oxygens (including phenoxy) is 2. The quantitative estimate of drug-likeness (QED) is 0.363. The van der Waals surface area contributed by atoms with E-state index in [0.717, 1.165) is 18.2 Å². The fraction of sp³-hybridized carbons (Fsp3) is 0.182. The molecule has 160 valence electrons. The summed E-state index contributed by atoms with van der Waals surface area (Å²) in [5.41, 5.74) is 0.430. The first-order valence-corrected chi connectivity index (χ1v) is 9.92. The largest absolute Gasteiger partial charge is 0.494 e. The van der Waals surface area contributed by atoms with Crippen LogP contribution in [0.4, 0.5) is 5.69 Å². The van der Waals surface area contributed by atoms with Gasteiger partial charge >= 0.3 is 0 Å². The maximum atomic E-state index is 12.5. The van der Waals surface area contributed by atoms with Gasteiger partial charge in [0.15, 0.2) is 0 Å². The highest BCUT2D eigenvalue weighted by molar-refractivity contribution is 6.33. The normalized spacial score (nSPS) is 10.4. The number of rotatable bonds is 9. The van der Waals surface area contributed by atoms with Crippen LogP contribution in [0.5, 0.6) is 17.4 Å². The summed E-state index contributed by atoms with van der Waals surface area (Å²) in [5.74, 6) is 1.10. The minimum absolute atomic E-state index is 0.0184. The maximum absolute atomic E-state index is 12.5. The molecule has 0 fully saturated rings. The van der Waals surface area contributed by atoms with Crippen molar-refractivity contribution in [1.29, 1.82) is 0 Å². The molecule has 0 saturated carbocycles. The van der Waals surface area contributed by atoms with Gasteiger partial charge in [-0.15, -0.1) is 0 Å². The van der Waals surface area contributed by atoms with Gasteiger partial charge in [-0.2, -0.15) is 0 Å². The molecule has 1 aromatic heterocycles. The standard InChI is InChI=1S/C22H20ClN3O5/c1-2-12-30-17-6-8-18(9-7-17)31-22-15(4-3-11-24-22)14-25-21(27)19-13-16(26(28)29)5-10-20(19)23/h3-11,13H,2,12,14H2,1H3,(H,25,27). The summed E-state index contributed by atoms with van der Waals surface area (Å²) in [6.45, 7) is 2.77. The predicted molar refractivity (Wildman–Crippen MR) is 116 cm³/mol. The summed E-state index contributed by atoms with van der Waals surface area (Å²) >= 11 is 6.03. The van der Waals surface area contributed by atoms with E-state index < -0.39 is 10.8 Å². The summed E-state index contributed by atoms with van der Waals surface area (Å²) in [6, 6.07) is 14.3. The summed E-state index contributed by atoms with van der Waals surface area (Å²) in [7, 11) is 0. The minimum atomic E-state index is -0.585. The van der Waals surface area contributed by atoms with Crippen molar-refractivity contribution in [3.8, 4) is 17.4 Å². The van der Waals surface area contributed by atoms with Crippen molar-refractivity contribution >= 4 is 23.2 Å². The lowest BCUT2D eigenvalue weighted by atomic mass is 10.2. The molecule has 0 aliphatic carbocycles. The predicted octanol–water partition coefficient (Wildman–Crippen LogP) is 5.15. The van der Waals surface area contributed by atoms with Crippen LogP contribution in [0.1, 0.15) is 29.3 Å². The fourth-order valence-electron chi connectivity index (χ4n) is 2.66. The number of aromatic nitrogens is 1. The van der Waals surface area contributed by atoms with Crippen LogP contribution in [0.15, 0.2) is 60.8 Å². The molecule has 3 aromatic rings. The topological polar surface area (TPSA) is 104 Å². The van der Waals surface area contributed by atoms with Crippen LogP contribution in [0, 0.1) is 10.1 Å². The fourth-order valence-corrected chi connectivity index (χ4v) is 2.86. The molecule has 0 bridgehead atoms. The number of nitro benzene ring substituents is 1. The van der Waals surface area contributed by atoms with E-state index in [1.165, 1.54) is 12.1 Å². The minimum Gasteiger partial charge on any atom is -0.494 e. The van der Waals surface area contributed by atoms with E-state index in [1.807, 2.05) is 6.92 Å². The van der Waals surface area contributed by atoms with Gasteiger partial charge in [0.1, 0.15) is 11.5 Å². The van der Waals surface area contributed by atoms with Gasteiger partial charge in [-0.25, -0.2) is 4.98 Å². The number of carbonyl (C=O) groups excluding carboxylic acids is 1. The number of nitro groups is 1. The number of hydrogen-bond acceptors (Lipinski definition) is 6. The van der Waals surface area contributed by atoms with Crippen molar-refractivity contribution in [2.45, 2.75) is 19.9 Å². The van der Waals surface area contributed by atoms with Crippen LogP contribution in [0.25, 0.3) is 0 Å². The lowest BCUT2D eigenvalue weighted by Gasteiger charge is -2.12. The van der Waals surface area contributed by atoms with E-state index in [9.17, 15) is 14.9 Å². The van der Waals surface area contributed by atoms with E-state index in [0.29, 0.717) is 23.8 Å². The van der Waals surface area contributed by atoms with E-state index in [1.54, 1.807) is 42.6 Å². The lowest BCUT2D eigenvalue weighted by Crippen LogP contribution is -2.23. The van der Waals surface area contributed by atoms with Crippen molar-refractivity contribution in [2.24, 2.45) is 0 Å². The Morgan fingerprint density at radius 2 is 1.90 bits per heavy atom. The van der Waals surface area contributed by atoms with Gasteiger partial charge < -0.3 is 14.8 Å². The first-order chi connectivity index (χ1) is 15.0. The highest BCUT2D eigenvalue weighted by Crippen LogP contribution is 2.26. The van der Waals surface area contributed by atoms with Gasteiger partial charge in [0.05, 0.1) is 22.1 Å². The third-order valence-electron chi connectivity index (χ3n) is 4.21. The Hall–Kier alpha value is -3.65. The van der Waals surface area contributed by atoms with Crippen molar-refractivity contribution in [1.82, 2.24) is 10.3 Å². The number of nitrogens with zero attached hydrogens (tertiary/aromatic N) is 2.